The molecule has 0 saturated carbocycles. The van der Waals surface area contributed by atoms with E-state index in [1.54, 1.807) is 11.6 Å². The molecule has 0 N–H and O–H groups in total. The average Bonchev–Trinajstić information content (AvgIpc) is 3.36. The lowest BCUT2D eigenvalue weighted by molar-refractivity contribution is -0.153. The molecule has 3 saturated heterocycles. The first-order chi connectivity index (χ1) is 14.3. The monoisotopic (exact) mass is 416 g/mol. The number of piperidine rings is 1. The number of cyclic esters (lactones) is 1. The number of hydrogen-bond acceptors (Lipinski definition) is 6. The third kappa shape index (κ3) is 3.89. The molecule has 1 aromatic heterocycles. The topological polar surface area (TPSA) is 84.7 Å². The maximum atomic E-state index is 12.8. The number of Topliss-reactive ketones (excluding diaryl/α,β-unsaturated/α-hetero) is 1. The van der Waals surface area contributed by atoms with Crippen molar-refractivity contribution in [3.05, 3.63) is 17.0 Å². The lowest BCUT2D eigenvalue weighted by Gasteiger charge is -2.36. The predicted molar refractivity (Wildman–Crippen MR) is 110 cm³/mol. The first-order valence-corrected chi connectivity index (χ1v) is 11.1. The fourth-order valence-electron chi connectivity index (χ4n) is 5.37. The highest BCUT2D eigenvalue weighted by Gasteiger charge is 2.51. The van der Waals surface area contributed by atoms with Gasteiger partial charge in [-0.25, -0.2) is 0 Å². The molecule has 1 spiro atoms. The zero-order chi connectivity index (χ0) is 21.5. The van der Waals surface area contributed by atoms with E-state index in [-0.39, 0.29) is 30.3 Å². The molecule has 3 aliphatic heterocycles. The van der Waals surface area contributed by atoms with Crippen LogP contribution in [0.2, 0.25) is 0 Å². The number of aryl methyl sites for hydroxylation is 1. The van der Waals surface area contributed by atoms with Gasteiger partial charge in [-0.1, -0.05) is 0 Å². The molecule has 1 aromatic rings. The number of ether oxygens (including phenoxy) is 1. The van der Waals surface area contributed by atoms with Crippen LogP contribution in [0.3, 0.4) is 0 Å². The molecule has 30 heavy (non-hydrogen) atoms. The summed E-state index contributed by atoms with van der Waals surface area (Å²) in [6.07, 6.45) is 4.52. The fourth-order valence-corrected chi connectivity index (χ4v) is 5.37. The van der Waals surface area contributed by atoms with Gasteiger partial charge < -0.3 is 9.64 Å². The van der Waals surface area contributed by atoms with Gasteiger partial charge in [0.15, 0.2) is 5.78 Å². The van der Waals surface area contributed by atoms with E-state index < -0.39 is 5.41 Å². The molecule has 0 bridgehead atoms. The number of likely N-dealkylation sites (tertiary alicyclic amines) is 2. The molecule has 4 rings (SSSR count). The Morgan fingerprint density at radius 2 is 1.80 bits per heavy atom. The van der Waals surface area contributed by atoms with Crippen LogP contribution in [0, 0.1) is 19.3 Å². The SMILES string of the molecule is CC(=O)c1c(C)nn(CC(=O)N2CCC3(CC2)CC(CN2CCCC2)OC3=O)c1C. The van der Waals surface area contributed by atoms with Crippen LogP contribution in [-0.2, 0) is 20.9 Å². The van der Waals surface area contributed by atoms with Gasteiger partial charge in [-0.3, -0.25) is 24.0 Å². The molecule has 8 nitrogen and oxygen atoms in total. The zero-order valence-electron chi connectivity index (χ0n) is 18.3. The Morgan fingerprint density at radius 3 is 2.40 bits per heavy atom. The van der Waals surface area contributed by atoms with Gasteiger partial charge >= 0.3 is 5.97 Å². The molecule has 1 unspecified atom stereocenters. The summed E-state index contributed by atoms with van der Waals surface area (Å²) in [6, 6.07) is 0. The van der Waals surface area contributed by atoms with Crippen LogP contribution >= 0.6 is 0 Å². The van der Waals surface area contributed by atoms with E-state index in [1.807, 2.05) is 11.8 Å². The molecule has 0 aliphatic carbocycles. The average molecular weight is 417 g/mol. The number of hydrogen-bond donors (Lipinski definition) is 0. The van der Waals surface area contributed by atoms with Crippen LogP contribution < -0.4 is 0 Å². The normalized spacial score (nSPS) is 23.9. The Kier molecular flexibility index (Phi) is 5.70. The first kappa shape index (κ1) is 21.0. The van der Waals surface area contributed by atoms with Crippen molar-refractivity contribution in [1.82, 2.24) is 19.6 Å². The maximum absolute atomic E-state index is 12.8. The molecular formula is C22H32N4O4. The molecule has 4 heterocycles. The summed E-state index contributed by atoms with van der Waals surface area (Å²) in [4.78, 5) is 41.5. The molecule has 3 aliphatic rings. The van der Waals surface area contributed by atoms with Gasteiger partial charge in [0, 0.05) is 31.7 Å². The smallest absolute Gasteiger partial charge is 0.312 e. The molecule has 0 aromatic carbocycles. The number of rotatable bonds is 5. The molecule has 0 radical (unpaired) electrons. The van der Waals surface area contributed by atoms with E-state index in [0.29, 0.717) is 37.2 Å². The summed E-state index contributed by atoms with van der Waals surface area (Å²) >= 11 is 0. The number of carbonyl (C=O) groups excluding carboxylic acids is 3. The highest BCUT2D eigenvalue weighted by Crippen LogP contribution is 2.43. The van der Waals surface area contributed by atoms with Crippen LogP contribution in [-0.4, -0.2) is 76.1 Å². The summed E-state index contributed by atoms with van der Waals surface area (Å²) in [5.41, 5.74) is 1.55. The van der Waals surface area contributed by atoms with E-state index in [4.69, 9.17) is 4.74 Å². The van der Waals surface area contributed by atoms with Gasteiger partial charge in [0.25, 0.3) is 0 Å². The van der Waals surface area contributed by atoms with Gasteiger partial charge in [0.2, 0.25) is 5.91 Å². The van der Waals surface area contributed by atoms with Crippen molar-refractivity contribution in [2.75, 3.05) is 32.7 Å². The second-order valence-electron chi connectivity index (χ2n) is 9.16. The summed E-state index contributed by atoms with van der Waals surface area (Å²) in [5, 5.41) is 4.38. The third-order valence-corrected chi connectivity index (χ3v) is 7.08. The fraction of sp³-hybridized carbons (Fsp3) is 0.727. The van der Waals surface area contributed by atoms with Crippen molar-refractivity contribution >= 4 is 17.7 Å². The summed E-state index contributed by atoms with van der Waals surface area (Å²) in [7, 11) is 0. The van der Waals surface area contributed by atoms with Crippen LogP contribution in [0.4, 0.5) is 0 Å². The molecular weight excluding hydrogens is 384 g/mol. The Labute approximate surface area is 177 Å². The number of ketones is 1. The lowest BCUT2D eigenvalue weighted by atomic mass is 9.76. The molecule has 1 atom stereocenters. The highest BCUT2D eigenvalue weighted by atomic mass is 16.6. The number of nitrogens with zero attached hydrogens (tertiary/aromatic N) is 4. The van der Waals surface area contributed by atoms with E-state index in [0.717, 1.165) is 31.7 Å². The zero-order valence-corrected chi connectivity index (χ0v) is 18.3. The van der Waals surface area contributed by atoms with Crippen molar-refractivity contribution in [3.63, 3.8) is 0 Å². The second-order valence-corrected chi connectivity index (χ2v) is 9.16. The minimum atomic E-state index is -0.429. The van der Waals surface area contributed by atoms with Crippen molar-refractivity contribution in [1.29, 1.82) is 0 Å². The highest BCUT2D eigenvalue weighted by molar-refractivity contribution is 5.96. The standard InChI is InChI=1S/C22H32N4O4/c1-15-20(17(3)27)16(2)26(23-15)14-19(28)25-10-6-22(7-11-25)12-18(30-21(22)29)13-24-8-4-5-9-24/h18H,4-14H2,1-3H3. The van der Waals surface area contributed by atoms with Gasteiger partial charge in [-0.2, -0.15) is 5.10 Å². The van der Waals surface area contributed by atoms with Crippen molar-refractivity contribution in [3.8, 4) is 0 Å². The van der Waals surface area contributed by atoms with Gasteiger partial charge in [0.1, 0.15) is 12.6 Å². The third-order valence-electron chi connectivity index (χ3n) is 7.08. The molecule has 1 amide bonds. The number of amides is 1. The van der Waals surface area contributed by atoms with Gasteiger partial charge in [-0.15, -0.1) is 0 Å². The second kappa shape index (κ2) is 8.13. The summed E-state index contributed by atoms with van der Waals surface area (Å²) in [5.74, 6) is -0.138. The Morgan fingerprint density at radius 1 is 1.13 bits per heavy atom. The number of esters is 1. The molecule has 8 heteroatoms. The molecule has 3 fully saturated rings. The largest absolute Gasteiger partial charge is 0.461 e. The summed E-state index contributed by atoms with van der Waals surface area (Å²) < 4.78 is 7.35. The van der Waals surface area contributed by atoms with E-state index >= 15 is 0 Å². The number of aromatic nitrogens is 2. The van der Waals surface area contributed by atoms with Crippen LogP contribution in [0.1, 0.15) is 60.8 Å². The van der Waals surface area contributed by atoms with Crippen LogP contribution in [0.15, 0.2) is 0 Å². The molecule has 164 valence electrons. The lowest BCUT2D eigenvalue weighted by Crippen LogP contribution is -2.46. The minimum absolute atomic E-state index is 0.0162. The Hall–Kier alpha value is -2.22. The van der Waals surface area contributed by atoms with Crippen LogP contribution in [0.25, 0.3) is 0 Å². The predicted octanol–water partition coefficient (Wildman–Crippen LogP) is 1.72. The minimum Gasteiger partial charge on any atom is -0.461 e. The quantitative estimate of drug-likeness (QED) is 0.537. The van der Waals surface area contributed by atoms with Gasteiger partial charge in [0.05, 0.1) is 16.7 Å². The van der Waals surface area contributed by atoms with Crippen molar-refractivity contribution < 1.29 is 19.1 Å². The van der Waals surface area contributed by atoms with Crippen molar-refractivity contribution in [2.24, 2.45) is 5.41 Å². The van der Waals surface area contributed by atoms with Crippen molar-refractivity contribution in [2.45, 2.75) is 65.5 Å². The maximum Gasteiger partial charge on any atom is 0.312 e. The van der Waals surface area contributed by atoms with Gasteiger partial charge in [-0.05, 0) is 59.5 Å². The summed E-state index contributed by atoms with van der Waals surface area (Å²) in [6.45, 7) is 9.41. The van der Waals surface area contributed by atoms with Crippen LogP contribution in [0.5, 0.6) is 0 Å². The first-order valence-electron chi connectivity index (χ1n) is 11.1. The number of carbonyl (C=O) groups is 3. The van der Waals surface area contributed by atoms with E-state index in [1.165, 1.54) is 19.8 Å². The van der Waals surface area contributed by atoms with E-state index in [9.17, 15) is 14.4 Å². The Bertz CT molecular complexity index is 848. The van der Waals surface area contributed by atoms with E-state index in [2.05, 4.69) is 10.00 Å². The Balaban J connectivity index is 1.34.